The third-order valence-corrected chi connectivity index (χ3v) is 4.19. The second kappa shape index (κ2) is 4.78. The maximum atomic E-state index is 6.32. The highest BCUT2D eigenvalue weighted by Crippen LogP contribution is 2.46. The van der Waals surface area contributed by atoms with Crippen molar-refractivity contribution in [1.82, 2.24) is 14.8 Å². The van der Waals surface area contributed by atoms with Crippen molar-refractivity contribution in [2.24, 2.45) is 5.92 Å². The van der Waals surface area contributed by atoms with Gasteiger partial charge in [-0.3, -0.25) is 0 Å². The Hall–Kier alpha value is -1.10. The molecule has 2 heterocycles. The van der Waals surface area contributed by atoms with Crippen LogP contribution >= 0.6 is 23.2 Å². The Labute approximate surface area is 121 Å². The summed E-state index contributed by atoms with van der Waals surface area (Å²) in [5.74, 6) is 0.357. The van der Waals surface area contributed by atoms with Crippen LogP contribution in [0.15, 0.2) is 30.9 Å². The van der Waals surface area contributed by atoms with Crippen molar-refractivity contribution in [2.45, 2.75) is 19.1 Å². The van der Waals surface area contributed by atoms with E-state index in [2.05, 4.69) is 17.0 Å². The van der Waals surface area contributed by atoms with Crippen molar-refractivity contribution >= 4 is 23.2 Å². The van der Waals surface area contributed by atoms with Crippen molar-refractivity contribution in [3.8, 4) is 0 Å². The van der Waals surface area contributed by atoms with E-state index in [0.29, 0.717) is 29.1 Å². The van der Waals surface area contributed by atoms with E-state index in [-0.39, 0.29) is 0 Å². The van der Waals surface area contributed by atoms with Gasteiger partial charge in [-0.05, 0) is 12.1 Å². The van der Waals surface area contributed by atoms with Crippen LogP contribution in [0.3, 0.4) is 0 Å². The highest BCUT2D eigenvalue weighted by molar-refractivity contribution is 6.35. The molecule has 4 nitrogen and oxygen atoms in total. The highest BCUT2D eigenvalue weighted by Gasteiger charge is 2.48. The second-order valence-electron chi connectivity index (χ2n) is 4.82. The predicted molar refractivity (Wildman–Crippen MR) is 73.3 cm³/mol. The molecule has 1 aromatic carbocycles. The lowest BCUT2D eigenvalue weighted by molar-refractivity contribution is -0.215. The number of rotatable bonds is 3. The van der Waals surface area contributed by atoms with Gasteiger partial charge in [0.25, 0.3) is 0 Å². The fourth-order valence-electron chi connectivity index (χ4n) is 2.47. The molecule has 1 saturated heterocycles. The lowest BCUT2D eigenvalue weighted by Crippen LogP contribution is -2.52. The average molecular weight is 298 g/mol. The molecular weight excluding hydrogens is 285 g/mol. The topological polar surface area (TPSA) is 39.9 Å². The molecule has 6 heteroatoms. The molecule has 1 aromatic heterocycles. The first-order valence-electron chi connectivity index (χ1n) is 6.04. The minimum absolute atomic E-state index is 0.357. The van der Waals surface area contributed by atoms with Gasteiger partial charge >= 0.3 is 0 Å². The second-order valence-corrected chi connectivity index (χ2v) is 5.66. The average Bonchev–Trinajstić information content (AvgIpc) is 2.87. The van der Waals surface area contributed by atoms with Crippen LogP contribution < -0.4 is 0 Å². The monoisotopic (exact) mass is 297 g/mol. The van der Waals surface area contributed by atoms with Gasteiger partial charge in [-0.1, -0.05) is 36.2 Å². The van der Waals surface area contributed by atoms with E-state index in [1.807, 2.05) is 12.1 Å². The summed E-state index contributed by atoms with van der Waals surface area (Å²) in [6.07, 6.45) is 3.19. The molecule has 1 fully saturated rings. The van der Waals surface area contributed by atoms with Gasteiger partial charge in [-0.15, -0.1) is 0 Å². The Morgan fingerprint density at radius 1 is 1.47 bits per heavy atom. The molecular formula is C13H13Cl2N3O. The number of nitrogens with zero attached hydrogens (tertiary/aromatic N) is 3. The fraction of sp³-hybridized carbons (Fsp3) is 0.385. The number of benzene rings is 1. The van der Waals surface area contributed by atoms with E-state index in [9.17, 15) is 0 Å². The van der Waals surface area contributed by atoms with Gasteiger partial charge in [-0.2, -0.15) is 5.10 Å². The van der Waals surface area contributed by atoms with Crippen LogP contribution in [-0.4, -0.2) is 21.4 Å². The largest absolute Gasteiger partial charge is 0.368 e. The Balaban J connectivity index is 2.01. The molecule has 0 saturated carbocycles. The minimum atomic E-state index is -0.449. The molecule has 100 valence electrons. The number of hydrogen-bond donors (Lipinski definition) is 0. The molecule has 1 aliphatic heterocycles. The third-order valence-electron chi connectivity index (χ3n) is 3.64. The number of halogens is 2. The van der Waals surface area contributed by atoms with Crippen molar-refractivity contribution in [3.63, 3.8) is 0 Å². The lowest BCUT2D eigenvalue weighted by atomic mass is 9.78. The van der Waals surface area contributed by atoms with Gasteiger partial charge < -0.3 is 4.74 Å². The van der Waals surface area contributed by atoms with Crippen molar-refractivity contribution in [2.75, 3.05) is 6.61 Å². The van der Waals surface area contributed by atoms with Crippen LogP contribution in [0.5, 0.6) is 0 Å². The zero-order valence-corrected chi connectivity index (χ0v) is 11.9. The summed E-state index contributed by atoms with van der Waals surface area (Å²) in [4.78, 5) is 3.96. The van der Waals surface area contributed by atoms with Crippen LogP contribution in [0.25, 0.3) is 0 Å². The summed E-state index contributed by atoms with van der Waals surface area (Å²) in [6, 6.07) is 5.51. The molecule has 2 aromatic rings. The smallest absolute Gasteiger partial charge is 0.137 e. The van der Waals surface area contributed by atoms with Gasteiger partial charge in [0.2, 0.25) is 0 Å². The van der Waals surface area contributed by atoms with E-state index >= 15 is 0 Å². The first kappa shape index (κ1) is 12.9. The molecule has 0 aliphatic carbocycles. The summed E-state index contributed by atoms with van der Waals surface area (Å²) in [7, 11) is 0. The van der Waals surface area contributed by atoms with E-state index < -0.39 is 5.60 Å². The Bertz CT molecular complexity index is 588. The maximum Gasteiger partial charge on any atom is 0.137 e. The van der Waals surface area contributed by atoms with Gasteiger partial charge in [0, 0.05) is 21.5 Å². The normalized spacial score (nSPS) is 26.2. The SMILES string of the molecule is C[C@H]1CO[C@@]1(Cn1cncn1)c1ccc(Cl)cc1Cl. The van der Waals surface area contributed by atoms with E-state index in [1.54, 1.807) is 17.1 Å². The van der Waals surface area contributed by atoms with Crippen LogP contribution in [0, 0.1) is 5.92 Å². The van der Waals surface area contributed by atoms with Crippen LogP contribution in [-0.2, 0) is 16.9 Å². The zero-order valence-electron chi connectivity index (χ0n) is 10.4. The molecule has 0 N–H and O–H groups in total. The van der Waals surface area contributed by atoms with Gasteiger partial charge in [0.1, 0.15) is 18.3 Å². The molecule has 0 unspecified atom stereocenters. The summed E-state index contributed by atoms with van der Waals surface area (Å²) in [5, 5.41) is 5.39. The van der Waals surface area contributed by atoms with Gasteiger partial charge in [0.05, 0.1) is 13.2 Å². The molecule has 0 bridgehead atoms. The Kier molecular flexibility index (Phi) is 3.25. The highest BCUT2D eigenvalue weighted by atomic mass is 35.5. The molecule has 0 spiro atoms. The number of aromatic nitrogens is 3. The minimum Gasteiger partial charge on any atom is -0.368 e. The molecule has 1 aliphatic rings. The first-order chi connectivity index (χ1) is 9.12. The number of ether oxygens (including phenoxy) is 1. The van der Waals surface area contributed by atoms with Gasteiger partial charge in [-0.25, -0.2) is 9.67 Å². The zero-order chi connectivity index (χ0) is 13.5. The fourth-order valence-corrected chi connectivity index (χ4v) is 3.04. The summed E-state index contributed by atoms with van der Waals surface area (Å²) in [5.41, 5.74) is 0.503. The van der Waals surface area contributed by atoms with Crippen molar-refractivity contribution in [1.29, 1.82) is 0 Å². The lowest BCUT2D eigenvalue weighted by Gasteiger charge is -2.48. The van der Waals surface area contributed by atoms with E-state index in [4.69, 9.17) is 27.9 Å². The van der Waals surface area contributed by atoms with Crippen LogP contribution in [0.1, 0.15) is 12.5 Å². The Morgan fingerprint density at radius 2 is 2.32 bits per heavy atom. The molecule has 19 heavy (non-hydrogen) atoms. The summed E-state index contributed by atoms with van der Waals surface area (Å²) < 4.78 is 7.66. The summed E-state index contributed by atoms with van der Waals surface area (Å²) in [6.45, 7) is 3.45. The summed E-state index contributed by atoms with van der Waals surface area (Å²) >= 11 is 12.3. The molecule has 0 amide bonds. The number of hydrogen-bond acceptors (Lipinski definition) is 3. The van der Waals surface area contributed by atoms with Crippen molar-refractivity contribution in [3.05, 3.63) is 46.5 Å². The quantitative estimate of drug-likeness (QED) is 0.874. The standard InChI is InChI=1S/C13H13Cl2N3O/c1-9-5-19-13(9,6-18-8-16-7-17-18)11-3-2-10(14)4-12(11)15/h2-4,7-9H,5-6H2,1H3/t9-,13+/m0/s1. The van der Waals surface area contributed by atoms with Crippen molar-refractivity contribution < 1.29 is 4.74 Å². The Morgan fingerprint density at radius 3 is 2.84 bits per heavy atom. The van der Waals surface area contributed by atoms with Crippen LogP contribution in [0.2, 0.25) is 10.0 Å². The molecule has 2 atom stereocenters. The maximum absolute atomic E-state index is 6.32. The molecule has 0 radical (unpaired) electrons. The predicted octanol–water partition coefficient (Wildman–Crippen LogP) is 3.15. The first-order valence-corrected chi connectivity index (χ1v) is 6.79. The van der Waals surface area contributed by atoms with Crippen LogP contribution in [0.4, 0.5) is 0 Å². The van der Waals surface area contributed by atoms with E-state index in [0.717, 1.165) is 5.56 Å². The third kappa shape index (κ3) is 2.14. The molecule has 3 rings (SSSR count). The van der Waals surface area contributed by atoms with Gasteiger partial charge in [0.15, 0.2) is 0 Å². The van der Waals surface area contributed by atoms with E-state index in [1.165, 1.54) is 6.33 Å².